The number of aliphatic hydroxyl groups excluding tert-OH is 1. The molecule has 0 bridgehead atoms. The molecule has 2 fully saturated rings. The molecule has 2 N–H and O–H groups in total. The summed E-state index contributed by atoms with van der Waals surface area (Å²) in [5, 5.41) is 12.8. The molecule has 6 nitrogen and oxygen atoms in total. The highest BCUT2D eigenvalue weighted by atomic mass is 19.1. The quantitative estimate of drug-likeness (QED) is 0.834. The van der Waals surface area contributed by atoms with Crippen LogP contribution in [0.5, 0.6) is 0 Å². The van der Waals surface area contributed by atoms with Gasteiger partial charge in [0.25, 0.3) is 0 Å². The fraction of sp³-hybridized carbons (Fsp3) is 0.632. The molecule has 0 aromatic heterocycles. The molecular formula is C19H27FN2O4. The summed E-state index contributed by atoms with van der Waals surface area (Å²) in [6, 6.07) is 6.73. The van der Waals surface area contributed by atoms with Crippen LogP contribution in [0.1, 0.15) is 24.8 Å². The number of β-amino-alcohol motifs (C(OH)–C–C–N with tert-alkyl or cyclic N) is 1. The van der Waals surface area contributed by atoms with E-state index >= 15 is 0 Å². The van der Waals surface area contributed by atoms with E-state index in [1.165, 1.54) is 6.07 Å². The Morgan fingerprint density at radius 1 is 1.35 bits per heavy atom. The number of aliphatic hydroxyl groups is 1. The van der Waals surface area contributed by atoms with Gasteiger partial charge in [-0.15, -0.1) is 0 Å². The summed E-state index contributed by atoms with van der Waals surface area (Å²) in [6.07, 6.45) is 0.939. The zero-order valence-corrected chi connectivity index (χ0v) is 15.1. The van der Waals surface area contributed by atoms with Crippen molar-refractivity contribution in [3.05, 3.63) is 35.6 Å². The molecule has 0 radical (unpaired) electrons. The number of carbonyl (C=O) groups is 1. The number of halogens is 1. The number of hydrogen-bond donors (Lipinski definition) is 2. The van der Waals surface area contributed by atoms with Crippen LogP contribution in [0.2, 0.25) is 0 Å². The Balaban J connectivity index is 1.73. The van der Waals surface area contributed by atoms with Gasteiger partial charge in [0, 0.05) is 31.7 Å². The highest BCUT2D eigenvalue weighted by molar-refractivity contribution is 5.76. The summed E-state index contributed by atoms with van der Waals surface area (Å²) < 4.78 is 25.8. The Morgan fingerprint density at radius 2 is 2.15 bits per heavy atom. The van der Waals surface area contributed by atoms with Crippen LogP contribution in [-0.2, 0) is 20.8 Å². The second-order valence-electron chi connectivity index (χ2n) is 7.03. The van der Waals surface area contributed by atoms with E-state index in [1.54, 1.807) is 19.2 Å². The van der Waals surface area contributed by atoms with Gasteiger partial charge in [-0.25, -0.2) is 4.39 Å². The van der Waals surface area contributed by atoms with E-state index in [0.29, 0.717) is 31.7 Å². The van der Waals surface area contributed by atoms with Crippen molar-refractivity contribution in [3.63, 3.8) is 0 Å². The van der Waals surface area contributed by atoms with E-state index in [1.807, 2.05) is 6.07 Å². The molecule has 0 aliphatic carbocycles. The van der Waals surface area contributed by atoms with Crippen molar-refractivity contribution < 1.29 is 23.8 Å². The lowest BCUT2D eigenvalue weighted by molar-refractivity contribution is -0.158. The first-order valence-corrected chi connectivity index (χ1v) is 9.16. The van der Waals surface area contributed by atoms with Gasteiger partial charge >= 0.3 is 0 Å². The Morgan fingerprint density at radius 3 is 2.92 bits per heavy atom. The van der Waals surface area contributed by atoms with Gasteiger partial charge in [0.05, 0.1) is 37.9 Å². The predicted octanol–water partition coefficient (Wildman–Crippen LogP) is 1.07. The van der Waals surface area contributed by atoms with E-state index in [2.05, 4.69) is 10.2 Å². The molecule has 1 aromatic rings. The molecule has 26 heavy (non-hydrogen) atoms. The smallest absolute Gasteiger partial charge is 0.222 e. The minimum Gasteiger partial charge on any atom is -0.389 e. The minimum absolute atomic E-state index is 0.0190. The fourth-order valence-corrected chi connectivity index (χ4v) is 3.78. The maximum Gasteiger partial charge on any atom is 0.222 e. The maximum absolute atomic E-state index is 14.1. The standard InChI is InChI=1S/C19H27FN2O4/c1-21-19(24)8-15-6-7-17-18(26-15)12-25-11-14(23)10-22(17)9-13-4-2-3-5-16(13)20/h2-5,14-15,17-18,23H,6-12H2,1H3,(H,21,24)/t14-,15+,17+,18-/m1/s1. The molecule has 7 heteroatoms. The lowest BCUT2D eigenvalue weighted by Gasteiger charge is -2.44. The number of amides is 1. The Labute approximate surface area is 153 Å². The number of fused-ring (bicyclic) bond motifs is 1. The van der Waals surface area contributed by atoms with Crippen molar-refractivity contribution in [1.29, 1.82) is 0 Å². The van der Waals surface area contributed by atoms with Crippen LogP contribution in [0.4, 0.5) is 4.39 Å². The molecule has 144 valence electrons. The van der Waals surface area contributed by atoms with E-state index < -0.39 is 6.10 Å². The number of hydrogen-bond acceptors (Lipinski definition) is 5. The Hall–Kier alpha value is -1.54. The summed E-state index contributed by atoms with van der Waals surface area (Å²) >= 11 is 0. The molecule has 4 atom stereocenters. The molecule has 0 saturated carbocycles. The summed E-state index contributed by atoms with van der Waals surface area (Å²) in [5.41, 5.74) is 0.604. The Bertz CT molecular complexity index is 615. The number of nitrogens with zero attached hydrogens (tertiary/aromatic N) is 1. The molecular weight excluding hydrogens is 339 g/mol. The number of nitrogens with one attached hydrogen (secondary N) is 1. The molecule has 1 amide bonds. The van der Waals surface area contributed by atoms with Crippen molar-refractivity contribution in [1.82, 2.24) is 10.2 Å². The fourth-order valence-electron chi connectivity index (χ4n) is 3.78. The molecule has 2 aliphatic heterocycles. The highest BCUT2D eigenvalue weighted by Gasteiger charge is 2.38. The summed E-state index contributed by atoms with van der Waals surface area (Å²) in [7, 11) is 1.62. The number of ether oxygens (including phenoxy) is 2. The molecule has 0 spiro atoms. The third kappa shape index (κ3) is 4.79. The van der Waals surface area contributed by atoms with Gasteiger partial charge < -0.3 is 19.9 Å². The first-order valence-electron chi connectivity index (χ1n) is 9.16. The van der Waals surface area contributed by atoms with Gasteiger partial charge in [-0.3, -0.25) is 9.69 Å². The van der Waals surface area contributed by atoms with Crippen LogP contribution >= 0.6 is 0 Å². The average Bonchev–Trinajstić information content (AvgIpc) is 2.62. The van der Waals surface area contributed by atoms with Gasteiger partial charge in [-0.1, -0.05) is 18.2 Å². The Kier molecular flexibility index (Phi) is 6.58. The summed E-state index contributed by atoms with van der Waals surface area (Å²) in [6.45, 7) is 1.40. The van der Waals surface area contributed by atoms with E-state index in [9.17, 15) is 14.3 Å². The monoisotopic (exact) mass is 366 g/mol. The third-order valence-corrected chi connectivity index (χ3v) is 5.11. The zero-order valence-electron chi connectivity index (χ0n) is 15.1. The van der Waals surface area contributed by atoms with Crippen molar-refractivity contribution >= 4 is 5.91 Å². The van der Waals surface area contributed by atoms with Gasteiger partial charge in [0.1, 0.15) is 5.82 Å². The van der Waals surface area contributed by atoms with Crippen LogP contribution in [0.3, 0.4) is 0 Å². The van der Waals surface area contributed by atoms with Gasteiger partial charge in [-0.2, -0.15) is 0 Å². The first-order chi connectivity index (χ1) is 12.6. The second kappa shape index (κ2) is 8.90. The van der Waals surface area contributed by atoms with E-state index in [0.717, 1.165) is 12.8 Å². The molecule has 2 heterocycles. The number of benzene rings is 1. The van der Waals surface area contributed by atoms with E-state index in [-0.39, 0.29) is 36.6 Å². The normalized spacial score (nSPS) is 30.1. The van der Waals surface area contributed by atoms with Crippen molar-refractivity contribution in [3.8, 4) is 0 Å². The van der Waals surface area contributed by atoms with Crippen LogP contribution in [0.15, 0.2) is 24.3 Å². The van der Waals surface area contributed by atoms with Crippen LogP contribution in [0, 0.1) is 5.82 Å². The SMILES string of the molecule is CNC(=O)C[C@@H]1CC[C@H]2[C@@H](COC[C@H](O)CN2Cc2ccccc2F)O1. The topological polar surface area (TPSA) is 71.0 Å². The van der Waals surface area contributed by atoms with Gasteiger partial charge in [0.15, 0.2) is 0 Å². The summed E-state index contributed by atoms with van der Waals surface area (Å²) in [5.74, 6) is -0.287. The van der Waals surface area contributed by atoms with Gasteiger partial charge in [0.2, 0.25) is 5.91 Å². The van der Waals surface area contributed by atoms with Crippen molar-refractivity contribution in [2.24, 2.45) is 0 Å². The molecule has 2 aliphatic rings. The largest absolute Gasteiger partial charge is 0.389 e. The van der Waals surface area contributed by atoms with E-state index in [4.69, 9.17) is 9.47 Å². The highest BCUT2D eigenvalue weighted by Crippen LogP contribution is 2.29. The van der Waals surface area contributed by atoms with Crippen molar-refractivity contribution in [2.45, 2.75) is 50.2 Å². The molecule has 0 unspecified atom stereocenters. The third-order valence-electron chi connectivity index (χ3n) is 5.11. The second-order valence-corrected chi connectivity index (χ2v) is 7.03. The molecule has 2 saturated heterocycles. The number of carbonyl (C=O) groups excluding carboxylic acids is 1. The maximum atomic E-state index is 14.1. The predicted molar refractivity (Wildman–Crippen MR) is 94.0 cm³/mol. The average molecular weight is 366 g/mol. The van der Waals surface area contributed by atoms with Crippen LogP contribution < -0.4 is 5.32 Å². The van der Waals surface area contributed by atoms with Crippen LogP contribution in [-0.4, -0.2) is 67.1 Å². The molecule has 3 rings (SSSR count). The minimum atomic E-state index is -0.619. The molecule has 1 aromatic carbocycles. The lowest BCUT2D eigenvalue weighted by atomic mass is 9.94. The first kappa shape index (κ1) is 19.2. The summed E-state index contributed by atoms with van der Waals surface area (Å²) in [4.78, 5) is 13.7. The lowest BCUT2D eigenvalue weighted by Crippen LogP contribution is -2.55. The number of rotatable bonds is 4. The van der Waals surface area contributed by atoms with Crippen molar-refractivity contribution in [2.75, 3.05) is 26.8 Å². The van der Waals surface area contributed by atoms with Crippen LogP contribution in [0.25, 0.3) is 0 Å². The van der Waals surface area contributed by atoms with Gasteiger partial charge in [-0.05, 0) is 18.9 Å². The zero-order chi connectivity index (χ0) is 18.5.